The normalized spacial score (nSPS) is 10.2. The first kappa shape index (κ1) is 14.9. The largest absolute Gasteiger partial charge is 0.497 e. The van der Waals surface area contributed by atoms with Gasteiger partial charge >= 0.3 is 0 Å². The number of anilines is 3. The van der Waals surface area contributed by atoms with Crippen molar-refractivity contribution in [1.29, 1.82) is 0 Å². The van der Waals surface area contributed by atoms with Gasteiger partial charge in [0.1, 0.15) is 17.8 Å². The second kappa shape index (κ2) is 6.78. The molecule has 0 spiro atoms. The molecule has 0 saturated carbocycles. The maximum atomic E-state index is 6.11. The molecule has 0 saturated heterocycles. The van der Waals surface area contributed by atoms with E-state index < -0.39 is 0 Å². The predicted molar refractivity (Wildman–Crippen MR) is 83.3 cm³/mol. The lowest BCUT2D eigenvalue weighted by Gasteiger charge is -2.21. The summed E-state index contributed by atoms with van der Waals surface area (Å²) < 4.78 is 10.8. The summed E-state index contributed by atoms with van der Waals surface area (Å²) in [6.45, 7) is 2.60. The summed E-state index contributed by atoms with van der Waals surface area (Å²) in [5.41, 5.74) is 7.45. The van der Waals surface area contributed by atoms with Crippen molar-refractivity contribution in [2.24, 2.45) is 0 Å². The van der Waals surface area contributed by atoms with Crippen LogP contribution < -0.4 is 20.1 Å². The van der Waals surface area contributed by atoms with E-state index in [1.54, 1.807) is 7.11 Å². The standard InChI is InChI=1S/C15H20N4O2/c1-4-8-21-15-13(16)14(17-10-18-15)19(2)11-6-5-7-12(9-11)20-3/h5-7,9-10H,4,8,16H2,1-3H3. The van der Waals surface area contributed by atoms with Crippen LogP contribution in [0.4, 0.5) is 17.2 Å². The first-order valence-electron chi connectivity index (χ1n) is 6.78. The molecule has 0 aliphatic heterocycles. The van der Waals surface area contributed by atoms with Gasteiger partial charge in [0.15, 0.2) is 5.82 Å². The molecule has 0 aliphatic carbocycles. The minimum Gasteiger partial charge on any atom is -0.497 e. The Morgan fingerprint density at radius 2 is 2.10 bits per heavy atom. The molecule has 0 amide bonds. The topological polar surface area (TPSA) is 73.5 Å². The average molecular weight is 288 g/mol. The molecule has 0 aliphatic rings. The van der Waals surface area contributed by atoms with Gasteiger partial charge in [-0.3, -0.25) is 0 Å². The third-order valence-corrected chi connectivity index (χ3v) is 3.03. The van der Waals surface area contributed by atoms with Gasteiger partial charge in [0.05, 0.1) is 13.7 Å². The van der Waals surface area contributed by atoms with Gasteiger partial charge in [-0.1, -0.05) is 13.0 Å². The molecule has 2 N–H and O–H groups in total. The van der Waals surface area contributed by atoms with Gasteiger partial charge < -0.3 is 20.1 Å². The monoisotopic (exact) mass is 288 g/mol. The quantitative estimate of drug-likeness (QED) is 0.880. The van der Waals surface area contributed by atoms with E-state index in [4.69, 9.17) is 15.2 Å². The van der Waals surface area contributed by atoms with Crippen molar-refractivity contribution < 1.29 is 9.47 Å². The second-order valence-corrected chi connectivity index (χ2v) is 4.53. The maximum Gasteiger partial charge on any atom is 0.242 e. The number of hydrogen-bond donors (Lipinski definition) is 1. The van der Waals surface area contributed by atoms with Crippen LogP contribution in [-0.4, -0.2) is 30.7 Å². The summed E-state index contributed by atoms with van der Waals surface area (Å²) in [5.74, 6) is 1.79. The number of nitrogen functional groups attached to an aromatic ring is 1. The summed E-state index contributed by atoms with van der Waals surface area (Å²) in [6, 6.07) is 7.66. The van der Waals surface area contributed by atoms with Gasteiger partial charge in [0.25, 0.3) is 0 Å². The Morgan fingerprint density at radius 1 is 1.29 bits per heavy atom. The molecule has 2 rings (SSSR count). The van der Waals surface area contributed by atoms with E-state index >= 15 is 0 Å². The fourth-order valence-corrected chi connectivity index (χ4v) is 1.89. The summed E-state index contributed by atoms with van der Waals surface area (Å²) in [4.78, 5) is 10.2. The van der Waals surface area contributed by atoms with Crippen molar-refractivity contribution >= 4 is 17.2 Å². The van der Waals surface area contributed by atoms with Gasteiger partial charge in [0.2, 0.25) is 5.88 Å². The second-order valence-electron chi connectivity index (χ2n) is 4.53. The van der Waals surface area contributed by atoms with Crippen LogP contribution in [0.25, 0.3) is 0 Å². The first-order chi connectivity index (χ1) is 10.2. The van der Waals surface area contributed by atoms with E-state index in [0.717, 1.165) is 17.9 Å². The smallest absolute Gasteiger partial charge is 0.242 e. The lowest BCUT2D eigenvalue weighted by atomic mass is 10.2. The summed E-state index contributed by atoms with van der Waals surface area (Å²) in [5, 5.41) is 0. The van der Waals surface area contributed by atoms with Crippen LogP contribution in [-0.2, 0) is 0 Å². The average Bonchev–Trinajstić information content (AvgIpc) is 2.53. The molecule has 1 aromatic carbocycles. The van der Waals surface area contributed by atoms with Crippen LogP contribution in [0.3, 0.4) is 0 Å². The zero-order valence-electron chi connectivity index (χ0n) is 12.5. The SMILES string of the molecule is CCCOc1ncnc(N(C)c2cccc(OC)c2)c1N. The fourth-order valence-electron chi connectivity index (χ4n) is 1.89. The molecule has 2 aromatic rings. The Labute approximate surface area is 124 Å². The molecule has 1 aromatic heterocycles. The highest BCUT2D eigenvalue weighted by Crippen LogP contribution is 2.32. The van der Waals surface area contributed by atoms with Crippen LogP contribution >= 0.6 is 0 Å². The number of ether oxygens (including phenoxy) is 2. The maximum absolute atomic E-state index is 6.11. The molecule has 0 bridgehead atoms. The first-order valence-corrected chi connectivity index (χ1v) is 6.78. The predicted octanol–water partition coefficient (Wildman–Crippen LogP) is 2.62. The number of methoxy groups -OCH3 is 1. The minimum atomic E-state index is 0.414. The van der Waals surface area contributed by atoms with Crippen molar-refractivity contribution in [3.8, 4) is 11.6 Å². The van der Waals surface area contributed by atoms with Gasteiger partial charge in [-0.2, -0.15) is 4.98 Å². The van der Waals surface area contributed by atoms with E-state index in [2.05, 4.69) is 9.97 Å². The number of benzene rings is 1. The molecular weight excluding hydrogens is 268 g/mol. The van der Waals surface area contributed by atoms with Crippen molar-refractivity contribution in [3.63, 3.8) is 0 Å². The molecule has 112 valence electrons. The van der Waals surface area contributed by atoms with E-state index in [1.807, 2.05) is 43.1 Å². The molecule has 0 unspecified atom stereocenters. The third-order valence-electron chi connectivity index (χ3n) is 3.03. The molecular formula is C15H20N4O2. The number of nitrogens with two attached hydrogens (primary N) is 1. The van der Waals surface area contributed by atoms with Gasteiger partial charge in [-0.05, 0) is 18.6 Å². The number of aromatic nitrogens is 2. The Morgan fingerprint density at radius 3 is 2.81 bits per heavy atom. The lowest BCUT2D eigenvalue weighted by molar-refractivity contribution is 0.306. The molecule has 0 fully saturated rings. The third kappa shape index (κ3) is 3.34. The van der Waals surface area contributed by atoms with Crippen molar-refractivity contribution in [3.05, 3.63) is 30.6 Å². The molecule has 0 atom stereocenters. The van der Waals surface area contributed by atoms with Gasteiger partial charge in [-0.25, -0.2) is 4.98 Å². The zero-order valence-corrected chi connectivity index (χ0v) is 12.5. The Kier molecular flexibility index (Phi) is 4.81. The van der Waals surface area contributed by atoms with Crippen LogP contribution in [0.15, 0.2) is 30.6 Å². The Balaban J connectivity index is 2.31. The Hall–Kier alpha value is -2.50. The van der Waals surface area contributed by atoms with Gasteiger partial charge in [0, 0.05) is 18.8 Å². The highest BCUT2D eigenvalue weighted by Gasteiger charge is 2.14. The van der Waals surface area contributed by atoms with Crippen molar-refractivity contribution in [1.82, 2.24) is 9.97 Å². The fraction of sp³-hybridized carbons (Fsp3) is 0.333. The Bertz CT molecular complexity index is 604. The highest BCUT2D eigenvalue weighted by atomic mass is 16.5. The van der Waals surface area contributed by atoms with E-state index in [9.17, 15) is 0 Å². The van der Waals surface area contributed by atoms with E-state index in [0.29, 0.717) is 24.0 Å². The van der Waals surface area contributed by atoms with Crippen molar-refractivity contribution in [2.75, 3.05) is 31.4 Å². The summed E-state index contributed by atoms with van der Waals surface area (Å²) >= 11 is 0. The molecule has 21 heavy (non-hydrogen) atoms. The molecule has 1 heterocycles. The number of rotatable bonds is 6. The number of hydrogen-bond acceptors (Lipinski definition) is 6. The lowest BCUT2D eigenvalue weighted by Crippen LogP contribution is -2.15. The zero-order chi connectivity index (χ0) is 15.2. The summed E-state index contributed by atoms with van der Waals surface area (Å²) in [7, 11) is 3.52. The molecule has 6 heteroatoms. The van der Waals surface area contributed by atoms with Crippen molar-refractivity contribution in [2.45, 2.75) is 13.3 Å². The highest BCUT2D eigenvalue weighted by molar-refractivity contribution is 5.74. The van der Waals surface area contributed by atoms with E-state index in [1.165, 1.54) is 6.33 Å². The van der Waals surface area contributed by atoms with Gasteiger partial charge in [-0.15, -0.1) is 0 Å². The number of nitrogens with zero attached hydrogens (tertiary/aromatic N) is 3. The minimum absolute atomic E-state index is 0.414. The van der Waals surface area contributed by atoms with Crippen LogP contribution in [0.2, 0.25) is 0 Å². The van der Waals surface area contributed by atoms with E-state index in [-0.39, 0.29) is 0 Å². The molecule has 0 radical (unpaired) electrons. The molecule has 6 nitrogen and oxygen atoms in total. The summed E-state index contributed by atoms with van der Waals surface area (Å²) in [6.07, 6.45) is 2.35. The van der Waals surface area contributed by atoms with Crippen LogP contribution in [0.5, 0.6) is 11.6 Å². The van der Waals surface area contributed by atoms with Crippen LogP contribution in [0, 0.1) is 0 Å². The van der Waals surface area contributed by atoms with Crippen LogP contribution in [0.1, 0.15) is 13.3 Å².